The van der Waals surface area contributed by atoms with Gasteiger partial charge in [0.05, 0.1) is 11.8 Å². The SMILES string of the molecule is Cn1cc(C(=O)NCCc2ncc[nH]2)cn1. The minimum Gasteiger partial charge on any atom is -0.351 e. The number of amides is 1. The Morgan fingerprint density at radius 3 is 3.12 bits per heavy atom. The van der Waals surface area contributed by atoms with E-state index in [0.717, 1.165) is 5.82 Å². The molecule has 1 amide bonds. The van der Waals surface area contributed by atoms with Crippen LogP contribution in [0, 0.1) is 0 Å². The summed E-state index contributed by atoms with van der Waals surface area (Å²) in [6.45, 7) is 0.557. The van der Waals surface area contributed by atoms with Crippen molar-refractivity contribution in [3.63, 3.8) is 0 Å². The van der Waals surface area contributed by atoms with E-state index in [1.165, 1.54) is 0 Å². The smallest absolute Gasteiger partial charge is 0.254 e. The second kappa shape index (κ2) is 4.61. The number of imidazole rings is 1. The van der Waals surface area contributed by atoms with E-state index in [-0.39, 0.29) is 5.91 Å². The second-order valence-electron chi connectivity index (χ2n) is 3.44. The quantitative estimate of drug-likeness (QED) is 0.766. The first-order chi connectivity index (χ1) is 7.75. The number of aromatic nitrogens is 4. The zero-order valence-corrected chi connectivity index (χ0v) is 8.97. The summed E-state index contributed by atoms with van der Waals surface area (Å²) in [5.41, 5.74) is 0.571. The fraction of sp³-hybridized carbons (Fsp3) is 0.300. The minimum absolute atomic E-state index is 0.111. The van der Waals surface area contributed by atoms with Gasteiger partial charge in [-0.05, 0) is 0 Å². The minimum atomic E-state index is -0.111. The van der Waals surface area contributed by atoms with Gasteiger partial charge in [-0.1, -0.05) is 0 Å². The molecule has 0 atom stereocenters. The number of hydrogen-bond donors (Lipinski definition) is 2. The van der Waals surface area contributed by atoms with Gasteiger partial charge in [-0.25, -0.2) is 4.98 Å². The molecule has 2 heterocycles. The summed E-state index contributed by atoms with van der Waals surface area (Å²) < 4.78 is 1.60. The van der Waals surface area contributed by atoms with E-state index < -0.39 is 0 Å². The maximum atomic E-state index is 11.6. The molecule has 0 fully saturated rings. The molecule has 0 aliphatic carbocycles. The van der Waals surface area contributed by atoms with Gasteiger partial charge >= 0.3 is 0 Å². The Morgan fingerprint density at radius 2 is 2.50 bits per heavy atom. The highest BCUT2D eigenvalue weighted by molar-refractivity contribution is 5.93. The lowest BCUT2D eigenvalue weighted by Gasteiger charge is -2.01. The molecule has 2 N–H and O–H groups in total. The third-order valence-corrected chi connectivity index (χ3v) is 2.17. The van der Waals surface area contributed by atoms with Gasteiger partial charge in [0.25, 0.3) is 5.91 Å². The lowest BCUT2D eigenvalue weighted by atomic mass is 10.3. The summed E-state index contributed by atoms with van der Waals surface area (Å²) in [5, 5.41) is 6.73. The molecule has 0 saturated heterocycles. The number of carbonyl (C=O) groups is 1. The number of carbonyl (C=O) groups excluding carboxylic acids is 1. The zero-order valence-electron chi connectivity index (χ0n) is 8.97. The first-order valence-electron chi connectivity index (χ1n) is 5.01. The van der Waals surface area contributed by atoms with Gasteiger partial charge in [0, 0.05) is 38.6 Å². The highest BCUT2D eigenvalue weighted by Gasteiger charge is 2.06. The number of H-pyrrole nitrogens is 1. The van der Waals surface area contributed by atoms with Gasteiger partial charge in [-0.2, -0.15) is 5.10 Å². The summed E-state index contributed by atoms with van der Waals surface area (Å²) in [6.07, 6.45) is 7.37. The van der Waals surface area contributed by atoms with E-state index in [0.29, 0.717) is 18.5 Å². The summed E-state index contributed by atoms with van der Waals surface area (Å²) in [6, 6.07) is 0. The van der Waals surface area contributed by atoms with Crippen molar-refractivity contribution in [1.82, 2.24) is 25.1 Å². The van der Waals surface area contributed by atoms with Gasteiger partial charge < -0.3 is 10.3 Å². The van der Waals surface area contributed by atoms with E-state index in [9.17, 15) is 4.79 Å². The second-order valence-corrected chi connectivity index (χ2v) is 3.44. The van der Waals surface area contributed by atoms with Crippen LogP contribution < -0.4 is 5.32 Å². The molecule has 0 aromatic carbocycles. The molecule has 0 aliphatic rings. The van der Waals surface area contributed by atoms with Crippen molar-refractivity contribution in [3.05, 3.63) is 36.2 Å². The van der Waals surface area contributed by atoms with Crippen LogP contribution in [0.4, 0.5) is 0 Å². The first-order valence-corrected chi connectivity index (χ1v) is 5.01. The maximum Gasteiger partial charge on any atom is 0.254 e. The highest BCUT2D eigenvalue weighted by atomic mass is 16.1. The first kappa shape index (κ1) is 10.4. The Hall–Kier alpha value is -2.11. The molecule has 0 bridgehead atoms. The van der Waals surface area contributed by atoms with E-state index >= 15 is 0 Å². The molecule has 0 radical (unpaired) electrons. The fourth-order valence-electron chi connectivity index (χ4n) is 1.37. The van der Waals surface area contributed by atoms with Crippen molar-refractivity contribution in [3.8, 4) is 0 Å². The van der Waals surface area contributed by atoms with Crippen LogP contribution >= 0.6 is 0 Å². The van der Waals surface area contributed by atoms with Crippen molar-refractivity contribution in [2.45, 2.75) is 6.42 Å². The molecule has 2 rings (SSSR count). The van der Waals surface area contributed by atoms with Crippen LogP contribution in [-0.2, 0) is 13.5 Å². The average Bonchev–Trinajstić information content (AvgIpc) is 2.89. The number of nitrogens with zero attached hydrogens (tertiary/aromatic N) is 3. The maximum absolute atomic E-state index is 11.6. The molecular formula is C10H13N5O. The third kappa shape index (κ3) is 2.47. The third-order valence-electron chi connectivity index (χ3n) is 2.17. The predicted octanol–water partition coefficient (Wildman–Crippen LogP) is 0.116. The van der Waals surface area contributed by atoms with Crippen LogP contribution in [-0.4, -0.2) is 32.2 Å². The molecule has 0 spiro atoms. The number of aryl methyl sites for hydroxylation is 1. The Balaban J connectivity index is 1.80. The Labute approximate surface area is 92.7 Å². The topological polar surface area (TPSA) is 75.6 Å². The van der Waals surface area contributed by atoms with Crippen molar-refractivity contribution < 1.29 is 4.79 Å². The summed E-state index contributed by atoms with van der Waals surface area (Å²) in [4.78, 5) is 18.6. The summed E-state index contributed by atoms with van der Waals surface area (Å²) >= 11 is 0. The van der Waals surface area contributed by atoms with E-state index in [4.69, 9.17) is 0 Å². The van der Waals surface area contributed by atoms with Crippen LogP contribution in [0.3, 0.4) is 0 Å². The molecule has 84 valence electrons. The molecule has 2 aromatic heterocycles. The normalized spacial score (nSPS) is 10.3. The highest BCUT2D eigenvalue weighted by Crippen LogP contribution is 1.96. The largest absolute Gasteiger partial charge is 0.351 e. The standard InChI is InChI=1S/C10H13N5O/c1-15-7-8(6-14-15)10(16)13-3-2-9-11-4-5-12-9/h4-7H,2-3H2,1H3,(H,11,12)(H,13,16). The van der Waals surface area contributed by atoms with Crippen LogP contribution in [0.1, 0.15) is 16.2 Å². The lowest BCUT2D eigenvalue weighted by Crippen LogP contribution is -2.25. The van der Waals surface area contributed by atoms with Gasteiger partial charge in [0.1, 0.15) is 5.82 Å². The van der Waals surface area contributed by atoms with E-state index in [1.807, 2.05) is 0 Å². The molecule has 0 saturated carbocycles. The average molecular weight is 219 g/mol. The molecule has 0 unspecified atom stereocenters. The number of aromatic amines is 1. The lowest BCUT2D eigenvalue weighted by molar-refractivity contribution is 0.0954. The molecule has 16 heavy (non-hydrogen) atoms. The van der Waals surface area contributed by atoms with Crippen LogP contribution in [0.15, 0.2) is 24.8 Å². The van der Waals surface area contributed by atoms with Crippen molar-refractivity contribution in [1.29, 1.82) is 0 Å². The van der Waals surface area contributed by atoms with E-state index in [2.05, 4.69) is 20.4 Å². The molecule has 6 heteroatoms. The van der Waals surface area contributed by atoms with Crippen molar-refractivity contribution in [2.24, 2.45) is 7.05 Å². The van der Waals surface area contributed by atoms with Crippen LogP contribution in [0.5, 0.6) is 0 Å². The van der Waals surface area contributed by atoms with E-state index in [1.54, 1.807) is 36.5 Å². The summed E-state index contributed by atoms with van der Waals surface area (Å²) in [7, 11) is 1.78. The fourth-order valence-corrected chi connectivity index (χ4v) is 1.37. The number of hydrogen-bond acceptors (Lipinski definition) is 3. The van der Waals surface area contributed by atoms with Crippen molar-refractivity contribution >= 4 is 5.91 Å². The Bertz CT molecular complexity index is 459. The molecule has 2 aromatic rings. The zero-order chi connectivity index (χ0) is 11.4. The number of nitrogens with one attached hydrogen (secondary N) is 2. The van der Waals surface area contributed by atoms with Crippen LogP contribution in [0.2, 0.25) is 0 Å². The van der Waals surface area contributed by atoms with Gasteiger partial charge in [-0.3, -0.25) is 9.48 Å². The van der Waals surface area contributed by atoms with Gasteiger partial charge in [0.15, 0.2) is 0 Å². The Morgan fingerprint density at radius 1 is 1.62 bits per heavy atom. The van der Waals surface area contributed by atoms with Gasteiger partial charge in [-0.15, -0.1) is 0 Å². The predicted molar refractivity (Wildman–Crippen MR) is 57.8 cm³/mol. The molecule has 6 nitrogen and oxygen atoms in total. The number of rotatable bonds is 4. The monoisotopic (exact) mass is 219 g/mol. The Kier molecular flexibility index (Phi) is 3.00. The molecular weight excluding hydrogens is 206 g/mol. The van der Waals surface area contributed by atoms with Crippen molar-refractivity contribution in [2.75, 3.05) is 6.54 Å². The van der Waals surface area contributed by atoms with Gasteiger partial charge in [0.2, 0.25) is 0 Å². The summed E-state index contributed by atoms with van der Waals surface area (Å²) in [5.74, 6) is 0.756. The van der Waals surface area contributed by atoms with Crippen LogP contribution in [0.25, 0.3) is 0 Å². The molecule has 0 aliphatic heterocycles.